The van der Waals surface area contributed by atoms with Gasteiger partial charge in [0, 0.05) is 6.54 Å². The van der Waals surface area contributed by atoms with Crippen molar-refractivity contribution in [3.8, 4) is 11.5 Å². The van der Waals surface area contributed by atoms with Crippen LogP contribution in [-0.4, -0.2) is 25.7 Å². The highest BCUT2D eigenvalue weighted by atomic mass is 16.5. The first-order valence-corrected chi connectivity index (χ1v) is 7.31. The number of primary amides is 1. The Morgan fingerprint density at radius 1 is 1.33 bits per heavy atom. The summed E-state index contributed by atoms with van der Waals surface area (Å²) in [7, 11) is 1.57. The Bertz CT molecular complexity index is 461. The van der Waals surface area contributed by atoms with E-state index in [-0.39, 0.29) is 0 Å². The predicted molar refractivity (Wildman–Crippen MR) is 83.4 cm³/mol. The number of carbonyl (C=O) groups excluding carboxylic acids is 1. The van der Waals surface area contributed by atoms with E-state index in [4.69, 9.17) is 15.2 Å². The molecule has 0 saturated heterocycles. The molecule has 1 aromatic carbocycles. The number of nitrogens with two attached hydrogens (primary N) is 1. The number of ether oxygens (including phenoxy) is 2. The Balaban J connectivity index is 2.82. The van der Waals surface area contributed by atoms with Gasteiger partial charge in [0.1, 0.15) is 0 Å². The van der Waals surface area contributed by atoms with Gasteiger partial charge in [0.25, 0.3) is 5.91 Å². The van der Waals surface area contributed by atoms with Crippen LogP contribution in [0.25, 0.3) is 0 Å². The van der Waals surface area contributed by atoms with Crippen molar-refractivity contribution in [2.45, 2.75) is 39.8 Å². The summed E-state index contributed by atoms with van der Waals surface area (Å²) >= 11 is 0. The van der Waals surface area contributed by atoms with Crippen molar-refractivity contribution in [2.24, 2.45) is 11.7 Å². The molecule has 0 aliphatic rings. The number of amides is 1. The molecule has 0 aromatic heterocycles. The predicted octanol–water partition coefficient (Wildman–Crippen LogP) is 2.08. The molecule has 5 nitrogen and oxygen atoms in total. The van der Waals surface area contributed by atoms with Crippen LogP contribution in [-0.2, 0) is 11.3 Å². The summed E-state index contributed by atoms with van der Waals surface area (Å²) < 4.78 is 11.0. The highest BCUT2D eigenvalue weighted by Gasteiger charge is 2.17. The maximum atomic E-state index is 11.3. The molecule has 0 aliphatic heterocycles. The van der Waals surface area contributed by atoms with Crippen molar-refractivity contribution in [3.05, 3.63) is 23.8 Å². The van der Waals surface area contributed by atoms with Crippen LogP contribution < -0.4 is 20.5 Å². The third kappa shape index (κ3) is 5.63. The summed E-state index contributed by atoms with van der Waals surface area (Å²) in [5, 5.41) is 3.37. The lowest BCUT2D eigenvalue weighted by atomic mass is 10.1. The Labute approximate surface area is 126 Å². The minimum absolute atomic E-state index is 0.470. The van der Waals surface area contributed by atoms with Crippen molar-refractivity contribution >= 4 is 5.91 Å². The fourth-order valence-corrected chi connectivity index (χ4v) is 1.92. The Morgan fingerprint density at radius 2 is 2.05 bits per heavy atom. The second kappa shape index (κ2) is 8.52. The van der Waals surface area contributed by atoms with Crippen molar-refractivity contribution in [1.29, 1.82) is 0 Å². The third-order valence-electron chi connectivity index (χ3n) is 3.07. The molecule has 3 N–H and O–H groups in total. The van der Waals surface area contributed by atoms with Crippen LogP contribution in [0.4, 0.5) is 0 Å². The normalized spacial score (nSPS) is 12.2. The molecular weight excluding hydrogens is 268 g/mol. The van der Waals surface area contributed by atoms with Gasteiger partial charge in [-0.1, -0.05) is 26.8 Å². The number of nitrogens with one attached hydrogen (secondary N) is 1. The number of benzene rings is 1. The van der Waals surface area contributed by atoms with Gasteiger partial charge in [-0.3, -0.25) is 4.79 Å². The maximum Gasteiger partial charge on any atom is 0.258 e. The molecule has 1 atom stereocenters. The molecule has 0 spiro atoms. The maximum absolute atomic E-state index is 11.3. The fraction of sp³-hybridized carbons (Fsp3) is 0.562. The molecule has 0 bridgehead atoms. The molecule has 1 rings (SSSR count). The average Bonchev–Trinajstić information content (AvgIpc) is 2.44. The van der Waals surface area contributed by atoms with Crippen LogP contribution in [0.15, 0.2) is 18.2 Å². The molecule has 21 heavy (non-hydrogen) atoms. The van der Waals surface area contributed by atoms with Crippen LogP contribution in [0, 0.1) is 5.92 Å². The van der Waals surface area contributed by atoms with E-state index in [1.807, 2.05) is 25.1 Å². The number of carbonyl (C=O) groups is 1. The van der Waals surface area contributed by atoms with Gasteiger partial charge in [0.2, 0.25) is 0 Å². The Morgan fingerprint density at radius 3 is 2.57 bits per heavy atom. The molecule has 1 amide bonds. The lowest BCUT2D eigenvalue weighted by Gasteiger charge is -2.17. The van der Waals surface area contributed by atoms with Gasteiger partial charge in [0.05, 0.1) is 7.11 Å². The van der Waals surface area contributed by atoms with Crippen LogP contribution in [0.2, 0.25) is 0 Å². The van der Waals surface area contributed by atoms with Gasteiger partial charge >= 0.3 is 0 Å². The quantitative estimate of drug-likeness (QED) is 0.731. The van der Waals surface area contributed by atoms with E-state index < -0.39 is 12.0 Å². The summed E-state index contributed by atoms with van der Waals surface area (Å²) in [4.78, 5) is 11.3. The minimum atomic E-state index is -0.641. The van der Waals surface area contributed by atoms with E-state index >= 15 is 0 Å². The number of hydrogen-bond acceptors (Lipinski definition) is 4. The standard InChI is InChI=1S/C16H26N2O3/c1-5-13(16(17)19)21-15-8-12(6-7-14(15)20-4)10-18-9-11(2)3/h6-8,11,13,18H,5,9-10H2,1-4H3,(H2,17,19). The number of rotatable bonds is 9. The van der Waals surface area contributed by atoms with Gasteiger partial charge in [-0.05, 0) is 36.6 Å². The summed E-state index contributed by atoms with van der Waals surface area (Å²) in [5.74, 6) is 1.27. The van der Waals surface area contributed by atoms with Crippen LogP contribution >= 0.6 is 0 Å². The second-order valence-corrected chi connectivity index (χ2v) is 5.43. The van der Waals surface area contributed by atoms with Gasteiger partial charge < -0.3 is 20.5 Å². The fourth-order valence-electron chi connectivity index (χ4n) is 1.92. The molecular formula is C16H26N2O3. The van der Waals surface area contributed by atoms with Gasteiger partial charge in [-0.25, -0.2) is 0 Å². The number of methoxy groups -OCH3 is 1. The Hall–Kier alpha value is -1.75. The molecule has 118 valence electrons. The van der Waals surface area contributed by atoms with E-state index in [0.29, 0.717) is 23.8 Å². The van der Waals surface area contributed by atoms with E-state index in [1.165, 1.54) is 0 Å². The van der Waals surface area contributed by atoms with E-state index in [1.54, 1.807) is 7.11 Å². The molecule has 0 aliphatic carbocycles. The highest BCUT2D eigenvalue weighted by Crippen LogP contribution is 2.29. The molecule has 0 fully saturated rings. The molecule has 1 unspecified atom stereocenters. The first-order chi connectivity index (χ1) is 9.97. The minimum Gasteiger partial charge on any atom is -0.493 e. The molecule has 0 heterocycles. The van der Waals surface area contributed by atoms with Crippen molar-refractivity contribution in [2.75, 3.05) is 13.7 Å². The first kappa shape index (κ1) is 17.3. The second-order valence-electron chi connectivity index (χ2n) is 5.43. The molecule has 0 saturated carbocycles. The summed E-state index contributed by atoms with van der Waals surface area (Å²) in [6, 6.07) is 5.71. The average molecular weight is 294 g/mol. The number of hydrogen-bond donors (Lipinski definition) is 2. The van der Waals surface area contributed by atoms with E-state index in [2.05, 4.69) is 19.2 Å². The molecule has 0 radical (unpaired) electrons. The zero-order chi connectivity index (χ0) is 15.8. The largest absolute Gasteiger partial charge is 0.493 e. The molecule has 5 heteroatoms. The summed E-state index contributed by atoms with van der Waals surface area (Å²) in [6.45, 7) is 7.87. The van der Waals surface area contributed by atoms with Crippen molar-refractivity contribution in [1.82, 2.24) is 5.32 Å². The highest BCUT2D eigenvalue weighted by molar-refractivity contribution is 5.79. The lowest BCUT2D eigenvalue weighted by Crippen LogP contribution is -2.33. The monoisotopic (exact) mass is 294 g/mol. The lowest BCUT2D eigenvalue weighted by molar-refractivity contribution is -0.124. The van der Waals surface area contributed by atoms with E-state index in [9.17, 15) is 4.79 Å². The van der Waals surface area contributed by atoms with Crippen LogP contribution in [0.1, 0.15) is 32.8 Å². The van der Waals surface area contributed by atoms with Crippen molar-refractivity contribution < 1.29 is 14.3 Å². The topological polar surface area (TPSA) is 73.6 Å². The Kier molecular flexibility index (Phi) is 7.02. The van der Waals surface area contributed by atoms with Gasteiger partial charge in [0.15, 0.2) is 17.6 Å². The first-order valence-electron chi connectivity index (χ1n) is 7.31. The summed E-state index contributed by atoms with van der Waals surface area (Å²) in [6.07, 6.45) is -0.119. The van der Waals surface area contributed by atoms with E-state index in [0.717, 1.165) is 18.7 Å². The molecule has 1 aromatic rings. The van der Waals surface area contributed by atoms with Crippen LogP contribution in [0.3, 0.4) is 0 Å². The van der Waals surface area contributed by atoms with Crippen LogP contribution in [0.5, 0.6) is 11.5 Å². The SMILES string of the molecule is CCC(Oc1cc(CNCC(C)C)ccc1OC)C(N)=O. The third-order valence-corrected chi connectivity index (χ3v) is 3.07. The summed E-state index contributed by atoms with van der Waals surface area (Å²) in [5.41, 5.74) is 6.40. The zero-order valence-electron chi connectivity index (χ0n) is 13.3. The zero-order valence-corrected chi connectivity index (χ0v) is 13.3. The van der Waals surface area contributed by atoms with Crippen molar-refractivity contribution in [3.63, 3.8) is 0 Å². The van der Waals surface area contributed by atoms with Gasteiger partial charge in [-0.2, -0.15) is 0 Å². The van der Waals surface area contributed by atoms with Gasteiger partial charge in [-0.15, -0.1) is 0 Å². The smallest absolute Gasteiger partial charge is 0.258 e.